The van der Waals surface area contributed by atoms with Crippen LogP contribution >= 0.6 is 11.6 Å². The maximum atomic E-state index is 12.6. The van der Waals surface area contributed by atoms with Crippen LogP contribution in [0.3, 0.4) is 0 Å². The third-order valence-electron chi connectivity index (χ3n) is 5.79. The van der Waals surface area contributed by atoms with Crippen molar-refractivity contribution < 1.29 is 29.0 Å². The second-order valence-corrected chi connectivity index (χ2v) is 10.0. The molecule has 4 N–H and O–H groups in total. The Labute approximate surface area is 285 Å². The van der Waals surface area contributed by atoms with Crippen molar-refractivity contribution in [2.75, 3.05) is 31.3 Å². The average molecular weight is 674 g/mol. The fourth-order valence-corrected chi connectivity index (χ4v) is 4.02. The molecule has 0 saturated carbocycles. The van der Waals surface area contributed by atoms with Crippen molar-refractivity contribution in [2.45, 2.75) is 86.2 Å². The molecule has 3 atom stereocenters. The largest absolute Gasteiger partial charge is 0.456 e. The molecule has 1 amide bonds. The summed E-state index contributed by atoms with van der Waals surface area (Å²) in [7, 11) is 2.75. The van der Waals surface area contributed by atoms with Gasteiger partial charge in [0.25, 0.3) is 0 Å². The van der Waals surface area contributed by atoms with Gasteiger partial charge in [-0.3, -0.25) is 9.59 Å². The van der Waals surface area contributed by atoms with Gasteiger partial charge in [-0.05, 0) is 46.8 Å². The first-order valence-corrected chi connectivity index (χ1v) is 15.6. The molecule has 0 radical (unpaired) electrons. The first kappa shape index (κ1) is 44.9. The van der Waals surface area contributed by atoms with E-state index in [1.807, 2.05) is 32.9 Å². The van der Waals surface area contributed by atoms with Gasteiger partial charge in [0, 0.05) is 32.7 Å². The lowest BCUT2D eigenvalue weighted by Gasteiger charge is -2.26. The van der Waals surface area contributed by atoms with Gasteiger partial charge >= 0.3 is 5.97 Å². The number of aliphatic hydroxyl groups excluding tert-OH is 1. The molecule has 0 bridgehead atoms. The monoisotopic (exact) mass is 673 g/mol. The summed E-state index contributed by atoms with van der Waals surface area (Å²) in [4.78, 5) is 44.9. The van der Waals surface area contributed by atoms with Gasteiger partial charge < -0.3 is 30.5 Å². The predicted octanol–water partition coefficient (Wildman–Crippen LogP) is 5.70. The van der Waals surface area contributed by atoms with Crippen LogP contribution < -0.4 is 16.0 Å². The number of aliphatic hydroxyl groups is 1. The summed E-state index contributed by atoms with van der Waals surface area (Å²) in [6, 6.07) is 8.68. The van der Waals surface area contributed by atoms with Crippen LogP contribution in [0.4, 0.5) is 11.5 Å². The van der Waals surface area contributed by atoms with Crippen LogP contribution in [0.2, 0.25) is 5.15 Å². The number of esters is 1. The van der Waals surface area contributed by atoms with Crippen molar-refractivity contribution in [3.05, 3.63) is 70.7 Å². The van der Waals surface area contributed by atoms with E-state index in [-0.39, 0.29) is 23.2 Å². The first-order valence-electron chi connectivity index (χ1n) is 15.2. The highest BCUT2D eigenvalue weighted by Gasteiger charge is 2.41. The van der Waals surface area contributed by atoms with Crippen molar-refractivity contribution in [2.24, 2.45) is 0 Å². The molecular weight excluding hydrogens is 622 g/mol. The number of carbonyl (C=O) groups excluding carboxylic acids is 3. The van der Waals surface area contributed by atoms with Gasteiger partial charge in [0.15, 0.2) is 11.0 Å². The van der Waals surface area contributed by atoms with E-state index < -0.39 is 24.4 Å². The Morgan fingerprint density at radius 2 is 1.79 bits per heavy atom. The van der Waals surface area contributed by atoms with Crippen molar-refractivity contribution in [3.63, 3.8) is 0 Å². The minimum absolute atomic E-state index is 0.0595. The number of nitrogens with one attached hydrogen (secondary N) is 1. The number of anilines is 2. The van der Waals surface area contributed by atoms with Crippen LogP contribution in [0.15, 0.2) is 54.1 Å². The molecular formula is C35H52ClN5O6. The molecule has 1 aromatic carbocycles. The van der Waals surface area contributed by atoms with Gasteiger partial charge in [-0.2, -0.15) is 0 Å². The summed E-state index contributed by atoms with van der Waals surface area (Å²) in [6.07, 6.45) is 10.7. The number of hydrogen-bond donors (Lipinski definition) is 3. The van der Waals surface area contributed by atoms with E-state index >= 15 is 0 Å². The highest BCUT2D eigenvalue weighted by atomic mass is 35.5. The van der Waals surface area contributed by atoms with E-state index in [4.69, 9.17) is 31.9 Å². The number of rotatable bonds is 9. The van der Waals surface area contributed by atoms with E-state index in [1.54, 1.807) is 62.2 Å². The van der Waals surface area contributed by atoms with Crippen molar-refractivity contribution >= 4 is 41.3 Å². The molecule has 2 heterocycles. The predicted molar refractivity (Wildman–Crippen MR) is 190 cm³/mol. The summed E-state index contributed by atoms with van der Waals surface area (Å²) in [5.41, 5.74) is 7.45. The van der Waals surface area contributed by atoms with Gasteiger partial charge in [0.2, 0.25) is 5.91 Å². The van der Waals surface area contributed by atoms with E-state index in [0.717, 1.165) is 19.0 Å². The third kappa shape index (κ3) is 17.3. The molecule has 1 fully saturated rings. The molecule has 3 rings (SSSR count). The summed E-state index contributed by atoms with van der Waals surface area (Å²) in [5, 5.41) is 9.90. The summed E-state index contributed by atoms with van der Waals surface area (Å²) >= 11 is 6.10. The van der Waals surface area contributed by atoms with Gasteiger partial charge in [-0.1, -0.05) is 68.3 Å². The van der Waals surface area contributed by atoms with Crippen molar-refractivity contribution in [1.82, 2.24) is 15.3 Å². The van der Waals surface area contributed by atoms with E-state index in [1.165, 1.54) is 6.42 Å². The highest BCUT2D eigenvalue weighted by Crippen LogP contribution is 2.34. The molecule has 1 aliphatic rings. The average Bonchev–Trinajstić information content (AvgIpc) is 3.45. The number of aryl methyl sites for hydroxylation is 1. The second-order valence-electron chi connectivity index (χ2n) is 9.64. The first-order chi connectivity index (χ1) is 22.5. The summed E-state index contributed by atoms with van der Waals surface area (Å²) in [6.45, 7) is 13.7. The Hall–Kier alpha value is -4.24. The Balaban J connectivity index is 0. The number of aromatic nitrogens is 2. The third-order valence-corrected chi connectivity index (χ3v) is 6.08. The number of ether oxygens (including phenoxy) is 2. The number of allylic oxidation sites excluding steroid dienone is 4. The number of terminal acetylenes is 1. The molecule has 11 nitrogen and oxygen atoms in total. The molecule has 12 heteroatoms. The zero-order chi connectivity index (χ0) is 36.4. The lowest BCUT2D eigenvalue weighted by Crippen LogP contribution is -2.35. The number of halogens is 1. The van der Waals surface area contributed by atoms with Crippen molar-refractivity contribution in [1.29, 1.82) is 0 Å². The van der Waals surface area contributed by atoms with Crippen LogP contribution in [0, 0.1) is 19.3 Å². The van der Waals surface area contributed by atoms with Crippen LogP contribution in [0.25, 0.3) is 0 Å². The van der Waals surface area contributed by atoms with Gasteiger partial charge in [-0.15, -0.1) is 12.3 Å². The number of nitrogens with two attached hydrogens (primary N) is 1. The number of nitrogen functional groups attached to an aromatic ring is 1. The van der Waals surface area contributed by atoms with E-state index in [2.05, 4.69) is 41.5 Å². The fourth-order valence-electron chi connectivity index (χ4n) is 3.81. The van der Waals surface area contributed by atoms with Crippen LogP contribution in [0.5, 0.6) is 0 Å². The normalized spacial score (nSPS) is 16.2. The molecule has 47 heavy (non-hydrogen) atoms. The molecule has 0 spiro atoms. The maximum absolute atomic E-state index is 12.6. The Kier molecular flexibility index (Phi) is 25.7. The zero-order valence-corrected chi connectivity index (χ0v) is 29.9. The quantitative estimate of drug-likeness (QED) is 0.0754. The minimum Gasteiger partial charge on any atom is -0.456 e. The maximum Gasteiger partial charge on any atom is 0.338 e. The molecule has 1 aromatic heterocycles. The fraction of sp³-hybridized carbons (Fsp3) is 0.457. The second kappa shape index (κ2) is 26.9. The number of hydrogen-bond acceptors (Lipinski definition) is 10. The standard InChI is InChI=1S/C21H26ClN5O4.C7H10O.C3H8.C3H4.CH4O/c1-4-24-16(28)10-14-15(31-21(29)13-8-6-5-7-9-13)11-17(30-14)27(3)20-18(23)19(22)25-12(2)26-20;1-3-5-7(4-2)6-8;2*1-3-2;1-2/h5-9,14-15,17H,4,10-11,23H2,1-3H3,(H,24,28);3-6H,1-2H3;3H2,1-2H3;1H,2H3;2H,1H3/b;5-3-,7-4+;;;/t14?,15-,17?;;;;/m0..../s1. The molecule has 260 valence electrons. The topological polar surface area (TPSA) is 157 Å². The SMILES string of the molecule is C#CC.C/C=C\C(C=O)=C/C.CCC.CCNC(=O)CC1OC(N(C)c2nc(C)nc(Cl)c2N)C[C@@H]1OC(=O)c1ccccc1.CO. The molecule has 1 saturated heterocycles. The van der Waals surface area contributed by atoms with Gasteiger partial charge in [0.05, 0.1) is 12.0 Å². The zero-order valence-electron chi connectivity index (χ0n) is 29.1. The van der Waals surface area contributed by atoms with E-state index in [0.29, 0.717) is 30.2 Å². The van der Waals surface area contributed by atoms with Crippen molar-refractivity contribution in [3.8, 4) is 12.3 Å². The smallest absolute Gasteiger partial charge is 0.338 e. The molecule has 2 aromatic rings. The van der Waals surface area contributed by atoms with E-state index in [9.17, 15) is 14.4 Å². The number of aldehydes is 1. The lowest BCUT2D eigenvalue weighted by molar-refractivity contribution is -0.125. The number of carbonyl (C=O) groups is 3. The molecule has 0 aliphatic carbocycles. The highest BCUT2D eigenvalue weighted by molar-refractivity contribution is 6.32. The Bertz CT molecular complexity index is 1300. The van der Waals surface area contributed by atoms with Crippen LogP contribution in [0.1, 0.15) is 77.0 Å². The number of benzene rings is 1. The Morgan fingerprint density at radius 3 is 2.26 bits per heavy atom. The minimum atomic E-state index is -0.623. The molecule has 2 unspecified atom stereocenters. The molecule has 1 aliphatic heterocycles. The summed E-state index contributed by atoms with van der Waals surface area (Å²) in [5.74, 6) is 2.47. The van der Waals surface area contributed by atoms with Gasteiger partial charge in [-0.25, -0.2) is 14.8 Å². The van der Waals surface area contributed by atoms with Gasteiger partial charge in [0.1, 0.15) is 36.2 Å². The number of nitrogens with zero attached hydrogens (tertiary/aromatic N) is 3. The lowest BCUT2D eigenvalue weighted by atomic mass is 10.1. The Morgan fingerprint density at radius 1 is 1.21 bits per heavy atom. The van der Waals surface area contributed by atoms with Crippen LogP contribution in [-0.4, -0.2) is 72.4 Å². The van der Waals surface area contributed by atoms with Crippen LogP contribution in [-0.2, 0) is 19.1 Å². The number of amides is 1. The summed E-state index contributed by atoms with van der Waals surface area (Å²) < 4.78 is 11.8.